The fourth-order valence-corrected chi connectivity index (χ4v) is 14.1. The Morgan fingerprint density at radius 1 is 0.592 bits per heavy atom. The van der Waals surface area contributed by atoms with Crippen molar-refractivity contribution < 1.29 is 118 Å². The van der Waals surface area contributed by atoms with E-state index in [9.17, 15) is 118 Å². The summed E-state index contributed by atoms with van der Waals surface area (Å²) in [4.78, 5) is 216. The number of phenolic OH excluding ortho intramolecular Hbond substituents is 1. The third-order valence-electron chi connectivity index (χ3n) is 21.0. The van der Waals surface area contributed by atoms with Gasteiger partial charge in [-0.25, -0.2) is 4.79 Å². The zero-order valence-corrected chi connectivity index (χ0v) is 69.9. The van der Waals surface area contributed by atoms with Crippen LogP contribution < -0.4 is 70.4 Å². The summed E-state index contributed by atoms with van der Waals surface area (Å²) < 4.78 is 6.09. The predicted molar refractivity (Wildman–Crippen MR) is 429 cm³/mol. The molecule has 20 atom stereocenters. The molecule has 674 valence electrons. The molecule has 2 unspecified atom stereocenters. The lowest BCUT2D eigenvalue weighted by Crippen LogP contribution is -2.64. The van der Waals surface area contributed by atoms with Crippen molar-refractivity contribution in [3.05, 3.63) is 29.8 Å². The van der Waals surface area contributed by atoms with Crippen LogP contribution in [0.4, 0.5) is 0 Å². The molecule has 14 amide bonds. The highest BCUT2D eigenvalue weighted by atomic mass is 16.5. The maximum atomic E-state index is 14.9. The first-order valence-electron chi connectivity index (χ1n) is 41.4. The second kappa shape index (κ2) is 51.7. The number of amides is 14. The van der Waals surface area contributed by atoms with Crippen LogP contribution in [-0.4, -0.2) is 305 Å². The van der Waals surface area contributed by atoms with E-state index >= 15 is 0 Å². The number of carbonyl (C=O) groups is 15. The minimum Gasteiger partial charge on any atom is -0.508 e. The first-order valence-corrected chi connectivity index (χ1v) is 41.4. The molecule has 0 spiro atoms. The molecular weight excluding hydrogens is 1570 g/mol. The number of primary amides is 1. The van der Waals surface area contributed by atoms with Crippen molar-refractivity contribution in [1.82, 2.24) is 67.9 Å². The number of phenols is 1. The molecule has 120 heavy (non-hydrogen) atoms. The Kier molecular flexibility index (Phi) is 44.2. The molecule has 24 N–H and O–H groups in total. The molecule has 3 aliphatic heterocycles. The topological polar surface area (TPSA) is 659 Å². The van der Waals surface area contributed by atoms with E-state index in [1.165, 1.54) is 49.9 Å². The molecule has 4 rings (SSSR count). The van der Waals surface area contributed by atoms with E-state index < -0.39 is 255 Å². The Bertz CT molecular complexity index is 3620. The van der Waals surface area contributed by atoms with Crippen molar-refractivity contribution in [3.63, 3.8) is 0 Å². The lowest BCUT2D eigenvalue weighted by atomic mass is 9.99. The van der Waals surface area contributed by atoms with Crippen LogP contribution in [0.2, 0.25) is 0 Å². The van der Waals surface area contributed by atoms with Crippen LogP contribution in [0.3, 0.4) is 0 Å². The van der Waals surface area contributed by atoms with E-state index in [0.29, 0.717) is 29.7 Å². The molecule has 1 aromatic rings. The Morgan fingerprint density at radius 2 is 1.12 bits per heavy atom. The maximum absolute atomic E-state index is 14.9. The highest BCUT2D eigenvalue weighted by Gasteiger charge is 2.49. The van der Waals surface area contributed by atoms with Gasteiger partial charge in [0.25, 0.3) is 0 Å². The molecule has 3 heterocycles. The van der Waals surface area contributed by atoms with Gasteiger partial charge in [-0.2, -0.15) is 5.26 Å². The summed E-state index contributed by atoms with van der Waals surface area (Å²) in [5.74, 6) is -18.3. The average molecular weight is 1700 g/mol. The van der Waals surface area contributed by atoms with Crippen LogP contribution in [-0.2, 0) is 83.1 Å². The van der Waals surface area contributed by atoms with Crippen molar-refractivity contribution in [2.75, 3.05) is 39.3 Å². The number of rotatable bonds is 32. The van der Waals surface area contributed by atoms with Crippen LogP contribution in [0, 0.1) is 17.2 Å². The molecule has 0 radical (unpaired) electrons. The second-order valence-electron chi connectivity index (χ2n) is 31.6. The van der Waals surface area contributed by atoms with Gasteiger partial charge in [0.15, 0.2) is 0 Å². The number of fused-ring (bicyclic) bond motifs is 2. The van der Waals surface area contributed by atoms with Gasteiger partial charge < -0.3 is 131 Å². The summed E-state index contributed by atoms with van der Waals surface area (Å²) >= 11 is 0. The van der Waals surface area contributed by atoms with Crippen LogP contribution in [0.1, 0.15) is 196 Å². The van der Waals surface area contributed by atoms with E-state index in [4.69, 9.17) is 21.9 Å². The number of aromatic hydroxyl groups is 1. The minimum atomic E-state index is -2.27. The number of nitrogens with one attached hydrogen (secondary N) is 10. The van der Waals surface area contributed by atoms with Crippen LogP contribution in [0.25, 0.3) is 0 Å². The smallest absolute Gasteiger partial charge is 0.328 e. The zero-order valence-electron chi connectivity index (χ0n) is 69.9. The number of nitrogens with zero attached hydrogens (tertiary/aromatic N) is 4. The number of unbranched alkanes of at least 4 members (excludes halogenated alkanes) is 10. The predicted octanol–water partition coefficient (Wildman–Crippen LogP) is -5.62. The number of nitrogens with two attached hydrogens (primary N) is 3. The fourth-order valence-electron chi connectivity index (χ4n) is 14.1. The van der Waals surface area contributed by atoms with Gasteiger partial charge >= 0.3 is 5.97 Å². The number of aliphatic hydroxyl groups excluding tert-OH is 7. The van der Waals surface area contributed by atoms with Gasteiger partial charge in [-0.05, 0) is 110 Å². The van der Waals surface area contributed by atoms with E-state index in [-0.39, 0.29) is 70.3 Å². The Morgan fingerprint density at radius 3 is 1.68 bits per heavy atom. The largest absolute Gasteiger partial charge is 0.508 e. The molecule has 41 heteroatoms. The van der Waals surface area contributed by atoms with E-state index in [0.717, 1.165) is 90.4 Å². The standard InChI is InChI=1S/C79H129N17O24/c1-9-10-11-12-13-14-15-16-17-18-19-23-51-38-59(106)88-62(44(5)97)72(112)85-43(4)68(108)87-54(36-48-26-28-49(101)29-27-48)69(109)90-61(42(2)3)77(117)96-41-50(102)37-55(96)70(110)91-64(46(7)99)74(114)92-65(47(8)100)78(118)95-35-30-56(103)67(95)75(115)93-66(57(104)39-58(83)105)71(111)84-40-60(107)89-63(45(6)98)73(113)86-53(79(119)120-51)25-21-33-94(34-22-32-81)76(116)52(82)24-20-31-80/h26-29,42-47,50-57,61-67,97-104H,9-25,30-31,33-41,80,82H2,1-8H3,(H2,83,105)(H,84,111)(H,85,112)(H,86,113)(H,87,108)(H,88,106)(H,89,107)(H,90,109)(H,91,110)(H,92,114)(H,93,115)/t43-,44-,45-,46-,47-,50-,51-,52+,53+,54+,55+,56+,57?,61+,62-,63+,64-,65+,66?,67+/m1/s1. The van der Waals surface area contributed by atoms with E-state index in [2.05, 4.69) is 60.1 Å². The molecule has 3 aliphatic rings. The summed E-state index contributed by atoms with van der Waals surface area (Å²) in [7, 11) is 0. The SMILES string of the molecule is CCCCCCCCCCCCC[C@@H]1CC(=O)N[C@H]([C@@H](C)O)C(=O)N[C@H](C)C(=O)N[C@@H](Cc2ccc(O)cc2)C(=O)N[C@@H](C(C)C)C(=O)N2C[C@H](O)C[C@H]2C(=O)N[C@H]([C@@H](C)O)C(=O)N[C@@H]([C@@H](C)O)C(=O)N2CC[C@H](O)[C@H]2C(=O)NC(C(O)CC(N)=O)C(=O)NCC(=O)N[C@@H]([C@@H](C)O)C(=O)N[C@@H](CCCN(CCC#N)C(=O)[C@@H](N)CCCN)C(=O)O1. The van der Waals surface area contributed by atoms with E-state index in [1.807, 2.05) is 6.07 Å². The highest BCUT2D eigenvalue weighted by molar-refractivity contribution is 6.00. The first-order chi connectivity index (χ1) is 56.7. The quantitative estimate of drug-likeness (QED) is 0.0236. The van der Waals surface area contributed by atoms with Gasteiger partial charge in [0, 0.05) is 39.0 Å². The number of benzene rings is 1. The van der Waals surface area contributed by atoms with Gasteiger partial charge in [0.05, 0.1) is 80.6 Å². The normalized spacial score (nSPS) is 26.7. The molecule has 0 aliphatic carbocycles. The molecule has 41 nitrogen and oxygen atoms in total. The molecule has 3 saturated heterocycles. The number of nitriles is 1. The third kappa shape index (κ3) is 33.3. The molecule has 0 bridgehead atoms. The summed E-state index contributed by atoms with van der Waals surface area (Å²) in [6.45, 7) is 8.39. The molecular formula is C79H129N17O24. The monoisotopic (exact) mass is 1700 g/mol. The number of esters is 1. The summed E-state index contributed by atoms with van der Waals surface area (Å²) in [5.41, 5.74) is 17.6. The van der Waals surface area contributed by atoms with Crippen LogP contribution >= 0.6 is 0 Å². The van der Waals surface area contributed by atoms with Gasteiger partial charge in [0.2, 0.25) is 82.7 Å². The van der Waals surface area contributed by atoms with Crippen LogP contribution in [0.5, 0.6) is 5.75 Å². The fraction of sp³-hybridized carbons (Fsp3) is 0.722. The minimum absolute atomic E-state index is 0.0139. The highest BCUT2D eigenvalue weighted by Crippen LogP contribution is 2.26. The lowest BCUT2D eigenvalue weighted by molar-refractivity contribution is -0.155. The number of aliphatic hydroxyl groups is 7. The van der Waals surface area contributed by atoms with Gasteiger partial charge in [-0.3, -0.25) is 67.1 Å². The Labute approximate surface area is 698 Å². The van der Waals surface area contributed by atoms with Crippen molar-refractivity contribution in [2.24, 2.45) is 23.1 Å². The van der Waals surface area contributed by atoms with Crippen LogP contribution in [0.15, 0.2) is 24.3 Å². The van der Waals surface area contributed by atoms with Crippen molar-refractivity contribution in [3.8, 4) is 11.8 Å². The maximum Gasteiger partial charge on any atom is 0.328 e. The number of hydrogen-bond donors (Lipinski definition) is 21. The summed E-state index contributed by atoms with van der Waals surface area (Å²) in [6.07, 6.45) is -7.13. The molecule has 0 aromatic heterocycles. The van der Waals surface area contributed by atoms with Crippen molar-refractivity contribution in [2.45, 2.75) is 318 Å². The van der Waals surface area contributed by atoms with E-state index in [1.54, 1.807) is 0 Å². The molecule has 3 fully saturated rings. The number of hydrogen-bond acceptors (Lipinski definition) is 27. The lowest BCUT2D eigenvalue weighted by Gasteiger charge is -2.34. The molecule has 1 aromatic carbocycles. The van der Waals surface area contributed by atoms with Gasteiger partial charge in [-0.15, -0.1) is 0 Å². The zero-order chi connectivity index (χ0) is 89.8. The number of ether oxygens (including phenoxy) is 1. The summed E-state index contributed by atoms with van der Waals surface area (Å²) in [5, 5.41) is 121. The van der Waals surface area contributed by atoms with Crippen molar-refractivity contribution >= 4 is 88.7 Å². The third-order valence-corrected chi connectivity index (χ3v) is 21.0. The second-order valence-corrected chi connectivity index (χ2v) is 31.6. The Hall–Kier alpha value is -9.80. The van der Waals surface area contributed by atoms with Gasteiger partial charge in [0.1, 0.15) is 78.3 Å². The molecule has 0 saturated carbocycles. The summed E-state index contributed by atoms with van der Waals surface area (Å²) in [6, 6.07) is -14.1. The van der Waals surface area contributed by atoms with Crippen molar-refractivity contribution in [1.29, 1.82) is 5.26 Å². The average Bonchev–Trinajstić information content (AvgIpc) is 1.63. The van der Waals surface area contributed by atoms with Gasteiger partial charge in [-0.1, -0.05) is 97.1 Å². The first kappa shape index (κ1) is 103. The number of cyclic esters (lactones) is 1. The number of carbonyl (C=O) groups excluding carboxylic acids is 15. The Balaban J connectivity index is 1.88.